The van der Waals surface area contributed by atoms with Gasteiger partial charge in [0.2, 0.25) is 5.91 Å². The van der Waals surface area contributed by atoms with E-state index < -0.39 is 0 Å². The molecule has 0 saturated carbocycles. The highest BCUT2D eigenvalue weighted by molar-refractivity contribution is 7.99. The molecule has 2 N–H and O–H groups in total. The van der Waals surface area contributed by atoms with E-state index in [1.807, 2.05) is 30.3 Å². The molecular formula is C14H24N4OS. The standard InChI is InChI=1S/C14H24N4OS/c1-9(2)18-11(4)14(10(3)17-18)16-13(19)7-12-8-20-6-5-15-12/h9,12,15H,5-8H2,1-4H3,(H,16,19). The molecule has 1 amide bonds. The Bertz CT molecular complexity index is 478. The minimum atomic E-state index is 0.0690. The van der Waals surface area contributed by atoms with Crippen molar-refractivity contribution in [3.05, 3.63) is 11.4 Å². The van der Waals surface area contributed by atoms with Gasteiger partial charge in [-0.3, -0.25) is 9.48 Å². The molecule has 0 aliphatic carbocycles. The minimum absolute atomic E-state index is 0.0690. The van der Waals surface area contributed by atoms with Crippen LogP contribution >= 0.6 is 11.8 Å². The van der Waals surface area contributed by atoms with E-state index in [4.69, 9.17) is 0 Å². The zero-order valence-corrected chi connectivity index (χ0v) is 13.5. The van der Waals surface area contributed by atoms with E-state index in [-0.39, 0.29) is 11.9 Å². The van der Waals surface area contributed by atoms with Crippen LogP contribution in [0.3, 0.4) is 0 Å². The predicted octanol–water partition coefficient (Wildman–Crippen LogP) is 2.11. The predicted molar refractivity (Wildman–Crippen MR) is 84.4 cm³/mol. The van der Waals surface area contributed by atoms with Gasteiger partial charge >= 0.3 is 0 Å². The van der Waals surface area contributed by atoms with Crippen LogP contribution in [0.2, 0.25) is 0 Å². The zero-order chi connectivity index (χ0) is 14.7. The van der Waals surface area contributed by atoms with E-state index in [2.05, 4.69) is 29.6 Å². The lowest BCUT2D eigenvalue weighted by molar-refractivity contribution is -0.116. The van der Waals surface area contributed by atoms with Gasteiger partial charge in [-0.15, -0.1) is 0 Å². The molecular weight excluding hydrogens is 272 g/mol. The van der Waals surface area contributed by atoms with Gasteiger partial charge in [0.05, 0.1) is 17.1 Å². The number of carbonyl (C=O) groups is 1. The molecule has 1 aromatic heterocycles. The van der Waals surface area contributed by atoms with E-state index in [1.54, 1.807) is 0 Å². The maximum absolute atomic E-state index is 12.2. The zero-order valence-electron chi connectivity index (χ0n) is 12.7. The Morgan fingerprint density at radius 3 is 2.85 bits per heavy atom. The van der Waals surface area contributed by atoms with Crippen molar-refractivity contribution in [1.82, 2.24) is 15.1 Å². The fourth-order valence-electron chi connectivity index (χ4n) is 2.51. The highest BCUT2D eigenvalue weighted by atomic mass is 32.2. The van der Waals surface area contributed by atoms with Gasteiger partial charge in [0.25, 0.3) is 0 Å². The topological polar surface area (TPSA) is 59.0 Å². The highest BCUT2D eigenvalue weighted by Gasteiger charge is 2.19. The molecule has 5 nitrogen and oxygen atoms in total. The second-order valence-electron chi connectivity index (χ2n) is 5.56. The molecule has 1 aliphatic rings. The molecule has 1 atom stereocenters. The second kappa shape index (κ2) is 6.63. The molecule has 1 aromatic rings. The molecule has 1 saturated heterocycles. The Morgan fingerprint density at radius 2 is 2.30 bits per heavy atom. The third-order valence-corrected chi connectivity index (χ3v) is 4.64. The summed E-state index contributed by atoms with van der Waals surface area (Å²) in [6.45, 7) is 9.12. The number of hydrogen-bond donors (Lipinski definition) is 2. The number of hydrogen-bond acceptors (Lipinski definition) is 4. The van der Waals surface area contributed by atoms with Crippen molar-refractivity contribution >= 4 is 23.4 Å². The lowest BCUT2D eigenvalue weighted by atomic mass is 10.2. The van der Waals surface area contributed by atoms with Crippen LogP contribution < -0.4 is 10.6 Å². The maximum atomic E-state index is 12.2. The molecule has 1 fully saturated rings. The summed E-state index contributed by atoms with van der Waals surface area (Å²) in [5.74, 6) is 2.22. The molecule has 1 aliphatic heterocycles. The van der Waals surface area contributed by atoms with Crippen molar-refractivity contribution in [2.75, 3.05) is 23.4 Å². The van der Waals surface area contributed by atoms with E-state index >= 15 is 0 Å². The lowest BCUT2D eigenvalue weighted by Crippen LogP contribution is -2.40. The summed E-state index contributed by atoms with van der Waals surface area (Å²) in [7, 11) is 0. The fraction of sp³-hybridized carbons (Fsp3) is 0.714. The highest BCUT2D eigenvalue weighted by Crippen LogP contribution is 2.23. The number of nitrogens with zero attached hydrogens (tertiary/aromatic N) is 2. The van der Waals surface area contributed by atoms with Crippen LogP contribution in [0.25, 0.3) is 0 Å². The number of carbonyl (C=O) groups excluding carboxylic acids is 1. The van der Waals surface area contributed by atoms with E-state index in [1.165, 1.54) is 0 Å². The average Bonchev–Trinajstić information content (AvgIpc) is 2.68. The molecule has 2 rings (SSSR count). The van der Waals surface area contributed by atoms with Crippen molar-refractivity contribution in [3.63, 3.8) is 0 Å². The van der Waals surface area contributed by atoms with Gasteiger partial charge in [-0.25, -0.2) is 0 Å². The van der Waals surface area contributed by atoms with Crippen molar-refractivity contribution in [3.8, 4) is 0 Å². The number of rotatable bonds is 4. The lowest BCUT2D eigenvalue weighted by Gasteiger charge is -2.22. The Morgan fingerprint density at radius 1 is 1.55 bits per heavy atom. The van der Waals surface area contributed by atoms with Crippen LogP contribution in [0.4, 0.5) is 5.69 Å². The normalized spacial score (nSPS) is 19.4. The summed E-state index contributed by atoms with van der Waals surface area (Å²) >= 11 is 1.91. The number of anilines is 1. The molecule has 0 aromatic carbocycles. The Labute approximate surface area is 124 Å². The van der Waals surface area contributed by atoms with Crippen molar-refractivity contribution in [1.29, 1.82) is 0 Å². The van der Waals surface area contributed by atoms with Crippen LogP contribution in [0, 0.1) is 13.8 Å². The Kier molecular flexibility index (Phi) is 5.10. The Hall–Kier alpha value is -1.01. The fourth-order valence-corrected chi connectivity index (χ4v) is 3.46. The largest absolute Gasteiger partial charge is 0.323 e. The molecule has 6 heteroatoms. The number of nitrogens with one attached hydrogen (secondary N) is 2. The van der Waals surface area contributed by atoms with Crippen LogP contribution in [0.5, 0.6) is 0 Å². The quantitative estimate of drug-likeness (QED) is 0.893. The summed E-state index contributed by atoms with van der Waals surface area (Å²) in [6, 6.07) is 0.588. The first-order valence-electron chi connectivity index (χ1n) is 7.15. The van der Waals surface area contributed by atoms with Crippen LogP contribution in [-0.4, -0.2) is 39.8 Å². The van der Waals surface area contributed by atoms with Gasteiger partial charge in [-0.2, -0.15) is 16.9 Å². The van der Waals surface area contributed by atoms with Gasteiger partial charge in [-0.05, 0) is 27.7 Å². The molecule has 0 bridgehead atoms. The third-order valence-electron chi connectivity index (χ3n) is 3.51. The number of aryl methyl sites for hydroxylation is 1. The van der Waals surface area contributed by atoms with Gasteiger partial charge in [0.15, 0.2) is 0 Å². The molecule has 112 valence electrons. The molecule has 20 heavy (non-hydrogen) atoms. The first-order valence-corrected chi connectivity index (χ1v) is 8.31. The first kappa shape index (κ1) is 15.4. The van der Waals surface area contributed by atoms with Crippen molar-refractivity contribution in [2.24, 2.45) is 0 Å². The number of aromatic nitrogens is 2. The van der Waals surface area contributed by atoms with E-state index in [9.17, 15) is 4.79 Å². The third kappa shape index (κ3) is 3.55. The van der Waals surface area contributed by atoms with Crippen molar-refractivity contribution < 1.29 is 4.79 Å². The van der Waals surface area contributed by atoms with Crippen LogP contribution in [0.15, 0.2) is 0 Å². The van der Waals surface area contributed by atoms with Crippen molar-refractivity contribution in [2.45, 2.75) is 46.2 Å². The minimum Gasteiger partial charge on any atom is -0.323 e. The summed E-state index contributed by atoms with van der Waals surface area (Å²) in [5.41, 5.74) is 2.78. The Balaban J connectivity index is 2.00. The smallest absolute Gasteiger partial charge is 0.226 e. The number of amides is 1. The van der Waals surface area contributed by atoms with Gasteiger partial charge in [0, 0.05) is 36.6 Å². The number of thioether (sulfide) groups is 1. The molecule has 0 radical (unpaired) electrons. The molecule has 2 heterocycles. The second-order valence-corrected chi connectivity index (χ2v) is 6.71. The van der Waals surface area contributed by atoms with Gasteiger partial charge < -0.3 is 10.6 Å². The first-order chi connectivity index (χ1) is 9.49. The van der Waals surface area contributed by atoms with Gasteiger partial charge in [0.1, 0.15) is 0 Å². The summed E-state index contributed by atoms with van der Waals surface area (Å²) in [4.78, 5) is 12.2. The maximum Gasteiger partial charge on any atom is 0.226 e. The SMILES string of the molecule is Cc1nn(C(C)C)c(C)c1NC(=O)CC1CSCCN1. The van der Waals surface area contributed by atoms with E-state index in [0.717, 1.165) is 35.1 Å². The van der Waals surface area contributed by atoms with Crippen LogP contribution in [-0.2, 0) is 4.79 Å². The van der Waals surface area contributed by atoms with Gasteiger partial charge in [-0.1, -0.05) is 0 Å². The average molecular weight is 296 g/mol. The summed E-state index contributed by atoms with van der Waals surface area (Å²) in [5, 5.41) is 10.9. The summed E-state index contributed by atoms with van der Waals surface area (Å²) in [6.07, 6.45) is 0.527. The van der Waals surface area contributed by atoms with Crippen LogP contribution in [0.1, 0.15) is 37.7 Å². The summed E-state index contributed by atoms with van der Waals surface area (Å²) < 4.78 is 1.96. The molecule has 0 spiro atoms. The molecule has 1 unspecified atom stereocenters. The monoisotopic (exact) mass is 296 g/mol. The van der Waals surface area contributed by atoms with E-state index in [0.29, 0.717) is 12.5 Å².